The Bertz CT molecular complexity index is 600. The molecule has 3 atom stereocenters. The molecule has 1 fully saturated rings. The van der Waals surface area contributed by atoms with Crippen LogP contribution in [0.3, 0.4) is 0 Å². The summed E-state index contributed by atoms with van der Waals surface area (Å²) < 4.78 is 5.40. The van der Waals surface area contributed by atoms with Crippen LogP contribution >= 0.6 is 0 Å². The molecule has 0 bridgehead atoms. The number of aliphatic imine (C=N–C) groups is 1. The first kappa shape index (κ1) is 12.2. The van der Waals surface area contributed by atoms with Gasteiger partial charge in [0.25, 0.3) is 11.4 Å². The van der Waals surface area contributed by atoms with Crippen molar-refractivity contribution >= 4 is 23.8 Å². The first-order valence-electron chi connectivity index (χ1n) is 5.78. The number of hydrogen-bond donors (Lipinski definition) is 4. The molecule has 3 heterocycles. The molecule has 2 aliphatic rings. The summed E-state index contributed by atoms with van der Waals surface area (Å²) >= 11 is 0. The Balaban J connectivity index is 2.03. The van der Waals surface area contributed by atoms with E-state index in [1.165, 1.54) is 6.34 Å². The van der Waals surface area contributed by atoms with E-state index in [1.54, 1.807) is 0 Å². The van der Waals surface area contributed by atoms with Crippen molar-refractivity contribution in [2.45, 2.75) is 12.2 Å². The highest BCUT2D eigenvalue weighted by Crippen LogP contribution is 2.35. The molecule has 2 aliphatic heterocycles. The van der Waals surface area contributed by atoms with Crippen LogP contribution in [0.25, 0.3) is 0 Å². The van der Waals surface area contributed by atoms with Crippen LogP contribution in [-0.2, 0) is 4.74 Å². The molecule has 102 valence electrons. The standard InChI is InChI=1S/C10H13N5O4/c11-10-13-8-7(9(18)14-10)12-3-15(8)1-5(17)6(2-16)19-4-15/h3,5-6,16-17H,1-2,4H2,(H2-,11,13,14,18)/p+1/t5-,6+,15?/m0/s1. The van der Waals surface area contributed by atoms with Crippen LogP contribution in [0.5, 0.6) is 0 Å². The van der Waals surface area contributed by atoms with Crippen molar-refractivity contribution in [2.24, 2.45) is 4.99 Å². The Morgan fingerprint density at radius 2 is 2.42 bits per heavy atom. The Morgan fingerprint density at radius 1 is 1.63 bits per heavy atom. The maximum Gasteiger partial charge on any atom is 0.284 e. The SMILES string of the molecule is Nc1nc2c(c(=O)[nH]1)N=C[N+]21CO[C@H](CO)[C@@H](O)C1. The van der Waals surface area contributed by atoms with Crippen molar-refractivity contribution in [1.29, 1.82) is 0 Å². The average molecular weight is 268 g/mol. The minimum atomic E-state index is -0.876. The lowest BCUT2D eigenvalue weighted by atomic mass is 10.1. The molecule has 9 nitrogen and oxygen atoms in total. The van der Waals surface area contributed by atoms with Crippen LogP contribution in [0.4, 0.5) is 17.5 Å². The number of nitrogens with two attached hydrogens (primary N) is 1. The summed E-state index contributed by atoms with van der Waals surface area (Å²) in [6.45, 7) is 0.0857. The number of aliphatic hydroxyl groups is 2. The van der Waals surface area contributed by atoms with Crippen LogP contribution in [0.15, 0.2) is 9.79 Å². The number of nitrogens with one attached hydrogen (secondary N) is 1. The molecule has 3 rings (SSSR count). The molecule has 1 spiro atoms. The van der Waals surface area contributed by atoms with E-state index in [0.29, 0.717) is 5.82 Å². The largest absolute Gasteiger partial charge is 0.394 e. The molecule has 1 unspecified atom stereocenters. The van der Waals surface area contributed by atoms with E-state index in [9.17, 15) is 9.90 Å². The van der Waals surface area contributed by atoms with Gasteiger partial charge >= 0.3 is 0 Å². The van der Waals surface area contributed by atoms with Gasteiger partial charge in [-0.05, 0) is 0 Å². The zero-order chi connectivity index (χ0) is 13.6. The van der Waals surface area contributed by atoms with E-state index >= 15 is 0 Å². The predicted octanol–water partition coefficient (Wildman–Crippen LogP) is -1.96. The van der Waals surface area contributed by atoms with E-state index in [2.05, 4.69) is 15.0 Å². The van der Waals surface area contributed by atoms with Gasteiger partial charge in [-0.2, -0.15) is 9.98 Å². The van der Waals surface area contributed by atoms with Crippen molar-refractivity contribution < 1.29 is 14.9 Å². The van der Waals surface area contributed by atoms with Gasteiger partial charge in [0, 0.05) is 0 Å². The molecule has 0 amide bonds. The quantitative estimate of drug-likeness (QED) is 0.437. The van der Waals surface area contributed by atoms with E-state index in [-0.39, 0.29) is 36.0 Å². The fourth-order valence-corrected chi connectivity index (χ4v) is 2.37. The van der Waals surface area contributed by atoms with Crippen LogP contribution in [0.2, 0.25) is 0 Å². The Morgan fingerprint density at radius 3 is 3.11 bits per heavy atom. The topological polar surface area (TPSA) is 134 Å². The van der Waals surface area contributed by atoms with Gasteiger partial charge in [-0.15, -0.1) is 0 Å². The molecular formula is C10H14N5O4+. The number of ether oxygens (including phenoxy) is 1. The first-order chi connectivity index (χ1) is 9.05. The summed E-state index contributed by atoms with van der Waals surface area (Å²) in [7, 11) is 0. The second kappa shape index (κ2) is 4.10. The summed E-state index contributed by atoms with van der Waals surface area (Å²) in [6.07, 6.45) is -0.0117. The molecular weight excluding hydrogens is 254 g/mol. The minimum absolute atomic E-state index is 0.00111. The number of anilines is 1. The number of quaternary nitrogens is 1. The number of aromatic amines is 1. The zero-order valence-corrected chi connectivity index (χ0v) is 9.98. The molecule has 5 N–H and O–H groups in total. The van der Waals surface area contributed by atoms with Gasteiger partial charge in [-0.3, -0.25) is 9.78 Å². The maximum absolute atomic E-state index is 11.7. The van der Waals surface area contributed by atoms with Crippen LogP contribution in [-0.4, -0.2) is 58.6 Å². The third-order valence-electron chi connectivity index (χ3n) is 3.37. The van der Waals surface area contributed by atoms with E-state index in [4.69, 9.17) is 15.6 Å². The number of fused-ring (bicyclic) bond motifs is 2. The van der Waals surface area contributed by atoms with Gasteiger partial charge < -0.3 is 20.7 Å². The number of nitrogen functional groups attached to an aromatic ring is 1. The molecule has 0 radical (unpaired) electrons. The fourth-order valence-electron chi connectivity index (χ4n) is 2.37. The smallest absolute Gasteiger partial charge is 0.284 e. The lowest BCUT2D eigenvalue weighted by Gasteiger charge is -2.38. The van der Waals surface area contributed by atoms with E-state index < -0.39 is 17.8 Å². The maximum atomic E-state index is 11.7. The molecule has 19 heavy (non-hydrogen) atoms. The summed E-state index contributed by atoms with van der Waals surface area (Å²) in [5, 5.41) is 19.0. The van der Waals surface area contributed by atoms with Crippen molar-refractivity contribution in [3.05, 3.63) is 10.4 Å². The van der Waals surface area contributed by atoms with Gasteiger partial charge in [0.15, 0.2) is 13.1 Å². The Labute approximate surface area is 107 Å². The molecule has 1 aromatic rings. The van der Waals surface area contributed by atoms with Crippen molar-refractivity contribution in [1.82, 2.24) is 14.5 Å². The van der Waals surface area contributed by atoms with Crippen LogP contribution < -0.4 is 15.8 Å². The molecule has 1 saturated heterocycles. The third kappa shape index (κ3) is 1.75. The average Bonchev–Trinajstić information content (AvgIpc) is 2.69. The fraction of sp³-hybridized carbons (Fsp3) is 0.500. The van der Waals surface area contributed by atoms with Crippen molar-refractivity contribution in [3.8, 4) is 0 Å². The van der Waals surface area contributed by atoms with E-state index in [0.717, 1.165) is 0 Å². The third-order valence-corrected chi connectivity index (χ3v) is 3.37. The second-order valence-corrected chi connectivity index (χ2v) is 4.67. The van der Waals surface area contributed by atoms with E-state index in [1.807, 2.05) is 0 Å². The number of aromatic nitrogens is 2. The Hall–Kier alpha value is -1.81. The van der Waals surface area contributed by atoms with Crippen LogP contribution in [0.1, 0.15) is 0 Å². The van der Waals surface area contributed by atoms with Gasteiger partial charge in [0.05, 0.1) is 6.61 Å². The summed E-state index contributed by atoms with van der Waals surface area (Å²) in [4.78, 5) is 22.2. The minimum Gasteiger partial charge on any atom is -0.394 e. The number of nitrogens with zero attached hydrogens (tertiary/aromatic N) is 3. The van der Waals surface area contributed by atoms with Gasteiger partial charge in [-0.25, -0.2) is 4.48 Å². The Kier molecular flexibility index (Phi) is 2.64. The molecule has 1 aromatic heterocycles. The lowest BCUT2D eigenvalue weighted by Crippen LogP contribution is -2.61. The van der Waals surface area contributed by atoms with Gasteiger partial charge in [0.2, 0.25) is 11.6 Å². The monoisotopic (exact) mass is 268 g/mol. The summed E-state index contributed by atoms with van der Waals surface area (Å²) in [5.41, 5.74) is 5.28. The normalized spacial score (nSPS) is 32.7. The predicted molar refractivity (Wildman–Crippen MR) is 66.9 cm³/mol. The summed E-state index contributed by atoms with van der Waals surface area (Å²) in [6, 6.07) is 0. The highest BCUT2D eigenvalue weighted by Gasteiger charge is 2.47. The zero-order valence-electron chi connectivity index (χ0n) is 9.98. The first-order valence-corrected chi connectivity index (χ1v) is 5.78. The molecule has 0 saturated carbocycles. The summed E-state index contributed by atoms with van der Waals surface area (Å²) in [5.74, 6) is 0.349. The number of hydrogen-bond acceptors (Lipinski definition) is 7. The number of rotatable bonds is 1. The molecule has 0 aromatic carbocycles. The van der Waals surface area contributed by atoms with Crippen LogP contribution in [0, 0.1) is 0 Å². The number of H-pyrrole nitrogens is 1. The molecule has 9 heteroatoms. The lowest BCUT2D eigenvalue weighted by molar-refractivity contribution is -0.126. The number of aliphatic hydroxyl groups excluding tert-OH is 2. The molecule has 0 aliphatic carbocycles. The highest BCUT2D eigenvalue weighted by molar-refractivity contribution is 5.86. The van der Waals surface area contributed by atoms with Gasteiger partial charge in [-0.1, -0.05) is 0 Å². The highest BCUT2D eigenvalue weighted by atomic mass is 16.5. The second-order valence-electron chi connectivity index (χ2n) is 4.67. The van der Waals surface area contributed by atoms with Gasteiger partial charge in [0.1, 0.15) is 18.8 Å². The van der Waals surface area contributed by atoms with Crippen molar-refractivity contribution in [2.75, 3.05) is 25.6 Å². The van der Waals surface area contributed by atoms with Crippen molar-refractivity contribution in [3.63, 3.8) is 0 Å².